The number of nitrogens with one attached hydrogen (secondary N) is 1. The van der Waals surface area contributed by atoms with E-state index in [1.54, 1.807) is 31.2 Å². The molecule has 1 unspecified atom stereocenters. The van der Waals surface area contributed by atoms with Crippen molar-refractivity contribution in [1.82, 2.24) is 9.62 Å². The van der Waals surface area contributed by atoms with Gasteiger partial charge in [-0.05, 0) is 62.1 Å². The Hall–Kier alpha value is -1.89. The summed E-state index contributed by atoms with van der Waals surface area (Å²) in [6.07, 6.45) is 2.80. The van der Waals surface area contributed by atoms with Crippen molar-refractivity contribution >= 4 is 27.5 Å². The van der Waals surface area contributed by atoms with Crippen LogP contribution in [0.4, 0.5) is 0 Å². The zero-order valence-electron chi connectivity index (χ0n) is 16.1. The highest BCUT2D eigenvalue weighted by molar-refractivity contribution is 7.89. The lowest BCUT2D eigenvalue weighted by Crippen LogP contribution is -2.35. The molecule has 2 aromatic rings. The molecule has 0 aromatic heterocycles. The lowest BCUT2D eigenvalue weighted by atomic mass is 10.1. The Morgan fingerprint density at radius 2 is 1.71 bits per heavy atom. The van der Waals surface area contributed by atoms with E-state index in [0.717, 1.165) is 30.4 Å². The first kappa shape index (κ1) is 20.8. The first-order valence-corrected chi connectivity index (χ1v) is 11.3. The predicted octanol–water partition coefficient (Wildman–Crippen LogP) is 4.31. The maximum Gasteiger partial charge on any atom is 0.252 e. The van der Waals surface area contributed by atoms with E-state index < -0.39 is 10.0 Å². The fourth-order valence-electron chi connectivity index (χ4n) is 3.37. The van der Waals surface area contributed by atoms with Crippen molar-refractivity contribution in [3.8, 4) is 0 Å². The Morgan fingerprint density at radius 1 is 1.07 bits per heavy atom. The van der Waals surface area contributed by atoms with E-state index in [0.29, 0.717) is 23.7 Å². The summed E-state index contributed by atoms with van der Waals surface area (Å²) < 4.78 is 27.4. The molecule has 0 spiro atoms. The van der Waals surface area contributed by atoms with Crippen molar-refractivity contribution in [3.63, 3.8) is 0 Å². The Bertz CT molecular complexity index is 952. The van der Waals surface area contributed by atoms with Crippen molar-refractivity contribution in [3.05, 3.63) is 64.2 Å². The van der Waals surface area contributed by atoms with Gasteiger partial charge in [-0.3, -0.25) is 4.79 Å². The molecule has 0 radical (unpaired) electrons. The minimum atomic E-state index is -3.58. The molecule has 1 atom stereocenters. The van der Waals surface area contributed by atoms with Gasteiger partial charge < -0.3 is 5.32 Å². The van der Waals surface area contributed by atoms with Gasteiger partial charge in [-0.1, -0.05) is 36.2 Å². The molecule has 0 aliphatic carbocycles. The number of nitrogens with zero attached hydrogens (tertiary/aromatic N) is 1. The van der Waals surface area contributed by atoms with Crippen molar-refractivity contribution in [2.75, 3.05) is 13.1 Å². The van der Waals surface area contributed by atoms with Gasteiger partial charge in [-0.2, -0.15) is 4.31 Å². The number of hydrogen-bond donors (Lipinski definition) is 1. The number of carbonyl (C=O) groups excluding carboxylic acids is 1. The molecular formula is C21H25ClN2O3S. The molecule has 3 rings (SSSR count). The van der Waals surface area contributed by atoms with Crippen LogP contribution in [0.2, 0.25) is 5.02 Å². The van der Waals surface area contributed by atoms with Gasteiger partial charge in [-0.25, -0.2) is 8.42 Å². The molecule has 5 nitrogen and oxygen atoms in total. The van der Waals surface area contributed by atoms with Crippen LogP contribution in [0.5, 0.6) is 0 Å². The third-order valence-corrected chi connectivity index (χ3v) is 7.27. The van der Waals surface area contributed by atoms with Crippen molar-refractivity contribution in [1.29, 1.82) is 0 Å². The highest BCUT2D eigenvalue weighted by Crippen LogP contribution is 2.23. The SMILES string of the molecule is Cc1ccc(S(=O)(=O)N2CCCCC2)cc1C(=O)NC(C)c1ccc(Cl)cc1. The molecule has 0 bridgehead atoms. The lowest BCUT2D eigenvalue weighted by Gasteiger charge is -2.26. The number of piperidine rings is 1. The lowest BCUT2D eigenvalue weighted by molar-refractivity contribution is 0.0939. The van der Waals surface area contributed by atoms with Gasteiger partial charge >= 0.3 is 0 Å². The average molecular weight is 421 g/mol. The fourth-order valence-corrected chi connectivity index (χ4v) is 5.04. The van der Waals surface area contributed by atoms with Crippen LogP contribution in [0.1, 0.15) is 53.7 Å². The van der Waals surface area contributed by atoms with Gasteiger partial charge in [0.2, 0.25) is 10.0 Å². The molecule has 1 saturated heterocycles. The van der Waals surface area contributed by atoms with Crippen LogP contribution in [0, 0.1) is 6.92 Å². The summed E-state index contributed by atoms with van der Waals surface area (Å²) in [5.41, 5.74) is 2.03. The van der Waals surface area contributed by atoms with Crippen LogP contribution in [-0.4, -0.2) is 31.7 Å². The summed E-state index contributed by atoms with van der Waals surface area (Å²) >= 11 is 5.91. The van der Waals surface area contributed by atoms with Crippen LogP contribution >= 0.6 is 11.6 Å². The maximum absolute atomic E-state index is 12.9. The van der Waals surface area contributed by atoms with Gasteiger partial charge in [0.25, 0.3) is 5.91 Å². The molecule has 1 N–H and O–H groups in total. The molecular weight excluding hydrogens is 396 g/mol. The minimum absolute atomic E-state index is 0.171. The van der Waals surface area contributed by atoms with Crippen LogP contribution in [0.3, 0.4) is 0 Å². The third-order valence-electron chi connectivity index (χ3n) is 5.12. The Morgan fingerprint density at radius 3 is 2.36 bits per heavy atom. The quantitative estimate of drug-likeness (QED) is 0.783. The molecule has 1 amide bonds. The second kappa shape index (κ2) is 8.64. The zero-order chi connectivity index (χ0) is 20.3. The Kier molecular flexibility index (Phi) is 6.43. The van der Waals surface area contributed by atoms with Crippen molar-refractivity contribution in [2.45, 2.75) is 44.0 Å². The molecule has 28 heavy (non-hydrogen) atoms. The van der Waals surface area contributed by atoms with E-state index in [1.165, 1.54) is 10.4 Å². The summed E-state index contributed by atoms with van der Waals surface area (Å²) in [6.45, 7) is 4.75. The van der Waals surface area contributed by atoms with E-state index in [2.05, 4.69) is 5.32 Å². The zero-order valence-corrected chi connectivity index (χ0v) is 17.7. The van der Waals surface area contributed by atoms with E-state index in [4.69, 9.17) is 11.6 Å². The Balaban J connectivity index is 1.82. The van der Waals surface area contributed by atoms with E-state index in [1.807, 2.05) is 19.1 Å². The van der Waals surface area contributed by atoms with Crippen LogP contribution < -0.4 is 5.32 Å². The van der Waals surface area contributed by atoms with Crippen LogP contribution in [-0.2, 0) is 10.0 Å². The fraction of sp³-hybridized carbons (Fsp3) is 0.381. The summed E-state index contributed by atoms with van der Waals surface area (Å²) in [5.74, 6) is -0.296. The van der Waals surface area contributed by atoms with Gasteiger partial charge in [-0.15, -0.1) is 0 Å². The summed E-state index contributed by atoms with van der Waals surface area (Å²) in [6, 6.07) is 11.8. The average Bonchev–Trinajstić information content (AvgIpc) is 2.69. The van der Waals surface area contributed by atoms with E-state index in [9.17, 15) is 13.2 Å². The molecule has 1 fully saturated rings. The van der Waals surface area contributed by atoms with Gasteiger partial charge in [0.05, 0.1) is 10.9 Å². The van der Waals surface area contributed by atoms with Crippen molar-refractivity contribution < 1.29 is 13.2 Å². The maximum atomic E-state index is 12.9. The van der Waals surface area contributed by atoms with Crippen LogP contribution in [0.25, 0.3) is 0 Å². The number of rotatable bonds is 5. The number of sulfonamides is 1. The minimum Gasteiger partial charge on any atom is -0.346 e. The molecule has 7 heteroatoms. The number of hydrogen-bond acceptors (Lipinski definition) is 3. The van der Waals surface area contributed by atoms with Gasteiger partial charge in [0, 0.05) is 23.7 Å². The first-order valence-electron chi connectivity index (χ1n) is 9.46. The Labute approximate surface area is 171 Å². The number of benzene rings is 2. The number of carbonyl (C=O) groups is 1. The van der Waals surface area contributed by atoms with E-state index >= 15 is 0 Å². The second-order valence-corrected chi connectivity index (χ2v) is 9.56. The van der Waals surface area contributed by atoms with E-state index in [-0.39, 0.29) is 16.8 Å². The highest BCUT2D eigenvalue weighted by Gasteiger charge is 2.27. The molecule has 1 aliphatic heterocycles. The number of halogens is 1. The van der Waals surface area contributed by atoms with Crippen LogP contribution in [0.15, 0.2) is 47.4 Å². The summed E-state index contributed by atoms with van der Waals surface area (Å²) in [4.78, 5) is 13.0. The summed E-state index contributed by atoms with van der Waals surface area (Å²) in [7, 11) is -3.58. The summed E-state index contributed by atoms with van der Waals surface area (Å²) in [5, 5.41) is 3.57. The molecule has 150 valence electrons. The molecule has 1 aliphatic rings. The highest BCUT2D eigenvalue weighted by atomic mass is 35.5. The number of amides is 1. The first-order chi connectivity index (χ1) is 13.3. The van der Waals surface area contributed by atoms with Gasteiger partial charge in [0.15, 0.2) is 0 Å². The number of aryl methyl sites for hydroxylation is 1. The topological polar surface area (TPSA) is 66.5 Å². The molecule has 2 aromatic carbocycles. The standard InChI is InChI=1S/C21H25ClN2O3S/c1-15-6-11-19(28(26,27)24-12-4-3-5-13-24)14-20(15)21(25)23-16(2)17-7-9-18(22)10-8-17/h6-11,14,16H,3-5,12-13H2,1-2H3,(H,23,25). The predicted molar refractivity (Wildman–Crippen MR) is 111 cm³/mol. The monoisotopic (exact) mass is 420 g/mol. The largest absolute Gasteiger partial charge is 0.346 e. The normalized spacial score (nSPS) is 16.5. The molecule has 0 saturated carbocycles. The molecule has 1 heterocycles. The smallest absolute Gasteiger partial charge is 0.252 e. The van der Waals surface area contributed by atoms with Crippen molar-refractivity contribution in [2.24, 2.45) is 0 Å². The van der Waals surface area contributed by atoms with Gasteiger partial charge in [0.1, 0.15) is 0 Å². The third kappa shape index (κ3) is 4.57. The second-order valence-electron chi connectivity index (χ2n) is 7.19.